The lowest BCUT2D eigenvalue weighted by atomic mass is 10.2. The van der Waals surface area contributed by atoms with Gasteiger partial charge in [-0.25, -0.2) is 4.79 Å². The number of carbonyl (C=O) groups excluding carboxylic acids is 1. The number of rotatable bonds is 13. The van der Waals surface area contributed by atoms with Gasteiger partial charge in [0, 0.05) is 13.2 Å². The number of ether oxygens (including phenoxy) is 2. The molecule has 0 aliphatic rings. The van der Waals surface area contributed by atoms with Crippen molar-refractivity contribution in [3.8, 4) is 5.75 Å². The summed E-state index contributed by atoms with van der Waals surface area (Å²) in [6.07, 6.45) is 8.58. The van der Waals surface area contributed by atoms with E-state index in [9.17, 15) is 4.79 Å². The zero-order valence-corrected chi connectivity index (χ0v) is 15.8. The Morgan fingerprint density at radius 2 is 1.83 bits per heavy atom. The lowest BCUT2D eigenvalue weighted by Crippen LogP contribution is -2.03. The van der Waals surface area contributed by atoms with Crippen molar-refractivity contribution in [3.05, 3.63) is 35.9 Å². The largest absolute Gasteiger partial charge is 0.494 e. The van der Waals surface area contributed by atoms with E-state index in [4.69, 9.17) is 13.9 Å². The monoisotopic (exact) mass is 348 g/mol. The number of benzene rings is 1. The number of hydrogen-bond donors (Lipinski definition) is 0. The molecule has 24 heavy (non-hydrogen) atoms. The molecule has 0 N–H and O–H groups in total. The summed E-state index contributed by atoms with van der Waals surface area (Å²) in [5, 5.41) is 0. The highest BCUT2D eigenvalue weighted by atomic mass is 28.2. The molecular formula is C19H28O4Si. The predicted octanol–water partition coefficient (Wildman–Crippen LogP) is 4.28. The van der Waals surface area contributed by atoms with Gasteiger partial charge < -0.3 is 13.9 Å². The molecule has 0 atom stereocenters. The van der Waals surface area contributed by atoms with E-state index in [1.807, 2.05) is 24.3 Å². The Bertz CT molecular complexity index is 471. The first-order valence-corrected chi connectivity index (χ1v) is 9.71. The smallest absolute Gasteiger partial charge is 0.330 e. The minimum atomic E-state index is -0.302. The third kappa shape index (κ3) is 10.2. The molecule has 0 amide bonds. The standard InChI is InChI=1S/C19H28O4Si/c1-3-4-5-14-22-18-11-8-17(9-12-18)10-13-19(20)23-15-6-7-16-24-21-2/h8-13H,3-7,14-16H2,1-2H3. The fraction of sp³-hybridized carbons (Fsp3) is 0.526. The molecule has 0 heterocycles. The molecule has 0 bridgehead atoms. The van der Waals surface area contributed by atoms with Gasteiger partial charge in [0.2, 0.25) is 9.76 Å². The highest BCUT2D eigenvalue weighted by molar-refractivity contribution is 6.26. The van der Waals surface area contributed by atoms with Crippen LogP contribution in [0.3, 0.4) is 0 Å². The Kier molecular flexibility index (Phi) is 11.8. The molecule has 1 rings (SSSR count). The Hall–Kier alpha value is -1.59. The van der Waals surface area contributed by atoms with Crippen molar-refractivity contribution in [2.24, 2.45) is 0 Å². The minimum absolute atomic E-state index is 0.302. The van der Waals surface area contributed by atoms with Crippen LogP contribution in [0.5, 0.6) is 5.75 Å². The summed E-state index contributed by atoms with van der Waals surface area (Å²) in [5.41, 5.74) is 0.953. The maximum absolute atomic E-state index is 11.6. The van der Waals surface area contributed by atoms with Crippen LogP contribution in [0.15, 0.2) is 30.3 Å². The Morgan fingerprint density at radius 1 is 1.08 bits per heavy atom. The van der Waals surface area contributed by atoms with Gasteiger partial charge in [0.25, 0.3) is 0 Å². The van der Waals surface area contributed by atoms with Gasteiger partial charge in [-0.05, 0) is 42.7 Å². The first-order valence-electron chi connectivity index (χ1n) is 8.59. The molecule has 1 aromatic carbocycles. The van der Waals surface area contributed by atoms with Gasteiger partial charge in [-0.1, -0.05) is 38.3 Å². The topological polar surface area (TPSA) is 44.8 Å². The summed E-state index contributed by atoms with van der Waals surface area (Å²) in [7, 11) is 2.24. The van der Waals surface area contributed by atoms with E-state index in [0.29, 0.717) is 16.4 Å². The molecule has 0 saturated heterocycles. The Morgan fingerprint density at radius 3 is 2.54 bits per heavy atom. The predicted molar refractivity (Wildman–Crippen MR) is 98.3 cm³/mol. The summed E-state index contributed by atoms with van der Waals surface area (Å²) in [6.45, 7) is 3.38. The van der Waals surface area contributed by atoms with Gasteiger partial charge in [-0.2, -0.15) is 0 Å². The molecule has 0 unspecified atom stereocenters. The fourth-order valence-corrected chi connectivity index (χ4v) is 2.60. The van der Waals surface area contributed by atoms with Crippen LogP contribution >= 0.6 is 0 Å². The normalized spacial score (nSPS) is 10.9. The summed E-state index contributed by atoms with van der Waals surface area (Å²) in [4.78, 5) is 11.6. The van der Waals surface area contributed by atoms with Crippen molar-refractivity contribution < 1.29 is 18.7 Å². The molecule has 0 spiro atoms. The molecule has 0 aromatic heterocycles. The van der Waals surface area contributed by atoms with Crippen molar-refractivity contribution in [1.82, 2.24) is 0 Å². The maximum Gasteiger partial charge on any atom is 0.330 e. The number of esters is 1. The summed E-state index contributed by atoms with van der Waals surface area (Å²) in [5.74, 6) is 0.562. The first kappa shape index (κ1) is 20.5. The zero-order valence-electron chi connectivity index (χ0n) is 14.8. The lowest BCUT2D eigenvalue weighted by molar-refractivity contribution is -0.137. The summed E-state index contributed by atoms with van der Waals surface area (Å²) >= 11 is 0. The van der Waals surface area contributed by atoms with Gasteiger partial charge >= 0.3 is 5.97 Å². The van der Waals surface area contributed by atoms with Crippen LogP contribution in [0.25, 0.3) is 6.08 Å². The molecule has 0 aliphatic carbocycles. The number of hydrogen-bond acceptors (Lipinski definition) is 4. The van der Waals surface area contributed by atoms with Crippen LogP contribution in [0.4, 0.5) is 0 Å². The van der Waals surface area contributed by atoms with Gasteiger partial charge in [0.15, 0.2) is 0 Å². The molecule has 1 aromatic rings. The number of unbranched alkanes of at least 4 members (excludes halogenated alkanes) is 3. The molecule has 132 valence electrons. The van der Waals surface area contributed by atoms with E-state index >= 15 is 0 Å². The molecule has 2 radical (unpaired) electrons. The van der Waals surface area contributed by atoms with Crippen molar-refractivity contribution >= 4 is 21.8 Å². The second kappa shape index (κ2) is 13.8. The van der Waals surface area contributed by atoms with Gasteiger partial charge in [-0.15, -0.1) is 0 Å². The second-order valence-corrected chi connectivity index (χ2v) is 6.63. The highest BCUT2D eigenvalue weighted by Gasteiger charge is 1.98. The third-order valence-electron chi connectivity index (χ3n) is 3.37. The maximum atomic E-state index is 11.6. The van der Waals surface area contributed by atoms with Crippen molar-refractivity contribution in [2.75, 3.05) is 20.3 Å². The van der Waals surface area contributed by atoms with Crippen LogP contribution in [-0.2, 0) is 14.0 Å². The van der Waals surface area contributed by atoms with E-state index in [1.165, 1.54) is 18.9 Å². The van der Waals surface area contributed by atoms with Gasteiger partial charge in [0.05, 0.1) is 13.2 Å². The van der Waals surface area contributed by atoms with Crippen LogP contribution in [0.1, 0.15) is 44.6 Å². The third-order valence-corrected chi connectivity index (χ3v) is 4.22. The van der Waals surface area contributed by atoms with Crippen LogP contribution in [0.2, 0.25) is 6.04 Å². The van der Waals surface area contributed by atoms with E-state index in [0.717, 1.165) is 43.2 Å². The summed E-state index contributed by atoms with van der Waals surface area (Å²) in [6, 6.07) is 8.74. The van der Waals surface area contributed by atoms with Crippen molar-refractivity contribution in [1.29, 1.82) is 0 Å². The first-order chi connectivity index (χ1) is 11.8. The molecule has 0 aliphatic heterocycles. The van der Waals surface area contributed by atoms with Gasteiger partial charge in [-0.3, -0.25) is 0 Å². The van der Waals surface area contributed by atoms with E-state index in [1.54, 1.807) is 13.2 Å². The van der Waals surface area contributed by atoms with E-state index in [2.05, 4.69) is 6.92 Å². The molecule has 0 fully saturated rings. The van der Waals surface area contributed by atoms with E-state index in [-0.39, 0.29) is 5.97 Å². The average Bonchev–Trinajstić information content (AvgIpc) is 2.61. The van der Waals surface area contributed by atoms with Gasteiger partial charge in [0.1, 0.15) is 5.75 Å². The SMILES string of the molecule is CCCCCOc1ccc(C=CC(=O)OCCCC[Si]OC)cc1. The van der Waals surface area contributed by atoms with Crippen LogP contribution in [-0.4, -0.2) is 36.1 Å². The Balaban J connectivity index is 2.22. The molecule has 0 saturated carbocycles. The summed E-state index contributed by atoms with van der Waals surface area (Å²) < 4.78 is 15.8. The fourth-order valence-electron chi connectivity index (χ4n) is 2.00. The minimum Gasteiger partial charge on any atom is -0.494 e. The van der Waals surface area contributed by atoms with Crippen LogP contribution in [0, 0.1) is 0 Å². The second-order valence-electron chi connectivity index (χ2n) is 5.43. The van der Waals surface area contributed by atoms with E-state index < -0.39 is 0 Å². The zero-order chi connectivity index (χ0) is 17.5. The molecular weight excluding hydrogens is 320 g/mol. The molecule has 5 heteroatoms. The quantitative estimate of drug-likeness (QED) is 0.231. The van der Waals surface area contributed by atoms with Crippen LogP contribution < -0.4 is 4.74 Å². The molecule has 4 nitrogen and oxygen atoms in total. The van der Waals surface area contributed by atoms with Crippen molar-refractivity contribution in [3.63, 3.8) is 0 Å². The highest BCUT2D eigenvalue weighted by Crippen LogP contribution is 2.14. The average molecular weight is 349 g/mol. The lowest BCUT2D eigenvalue weighted by Gasteiger charge is -2.05. The van der Waals surface area contributed by atoms with Crippen molar-refractivity contribution in [2.45, 2.75) is 45.1 Å². The number of carbonyl (C=O) groups is 1. The Labute approximate surface area is 148 Å².